The first-order valence-corrected chi connectivity index (χ1v) is 8.35. The van der Waals surface area contributed by atoms with Crippen molar-refractivity contribution in [2.75, 3.05) is 12.4 Å². The Morgan fingerprint density at radius 1 is 1.39 bits per heavy atom. The average molecular weight is 305 g/mol. The van der Waals surface area contributed by atoms with Crippen LogP contribution in [0.3, 0.4) is 0 Å². The van der Waals surface area contributed by atoms with Crippen molar-refractivity contribution in [1.82, 2.24) is 0 Å². The van der Waals surface area contributed by atoms with E-state index in [-0.39, 0.29) is 6.61 Å². The lowest BCUT2D eigenvalue weighted by Crippen LogP contribution is -2.42. The predicted molar refractivity (Wildman–Crippen MR) is 63.1 cm³/mol. The summed E-state index contributed by atoms with van der Waals surface area (Å²) >= 11 is 0.667. The molecule has 0 aliphatic rings. The van der Waals surface area contributed by atoms with E-state index in [1.165, 1.54) is 6.92 Å². The highest BCUT2D eigenvalue weighted by atomic mass is 32.7. The van der Waals surface area contributed by atoms with Crippen molar-refractivity contribution >= 4 is 18.2 Å². The first-order chi connectivity index (χ1) is 8.14. The van der Waals surface area contributed by atoms with Gasteiger partial charge in [-0.15, -0.1) is 0 Å². The Bertz CT molecular complexity index is 358. The lowest BCUT2D eigenvalue weighted by Gasteiger charge is -2.28. The van der Waals surface area contributed by atoms with E-state index in [1.54, 1.807) is 6.92 Å². The quantitative estimate of drug-likeness (QED) is 0.662. The molecule has 0 spiro atoms. The van der Waals surface area contributed by atoms with E-state index < -0.39 is 18.6 Å². The minimum absolute atomic E-state index is 0.0621. The number of nitrogens with zero attached hydrogens (tertiary/aromatic N) is 1. The molecule has 0 amide bonds. The van der Waals surface area contributed by atoms with Crippen LogP contribution >= 0.6 is 18.2 Å². The van der Waals surface area contributed by atoms with E-state index in [4.69, 9.17) is 9.79 Å². The number of hydrogen-bond donors (Lipinski definition) is 0. The van der Waals surface area contributed by atoms with Gasteiger partial charge in [-0.2, -0.15) is 18.4 Å². The van der Waals surface area contributed by atoms with E-state index in [0.717, 1.165) is 6.07 Å². The molecule has 0 saturated heterocycles. The topological polar surface area (TPSA) is 59.3 Å². The van der Waals surface area contributed by atoms with Crippen LogP contribution in [-0.4, -0.2) is 24.1 Å². The summed E-state index contributed by atoms with van der Waals surface area (Å²) in [7, 11) is 0. The maximum Gasteiger partial charge on any atom is 0.431 e. The Labute approximate surface area is 108 Å². The van der Waals surface area contributed by atoms with Gasteiger partial charge in [0.05, 0.1) is 6.61 Å². The van der Waals surface area contributed by atoms with Gasteiger partial charge >= 0.3 is 13.0 Å². The highest BCUT2D eigenvalue weighted by Gasteiger charge is 2.57. The third-order valence-corrected chi connectivity index (χ3v) is 5.90. The lowest BCUT2D eigenvalue weighted by atomic mass is 10.1. The summed E-state index contributed by atoms with van der Waals surface area (Å²) < 4.78 is 59.3. The van der Waals surface area contributed by atoms with Crippen molar-refractivity contribution in [1.29, 1.82) is 5.26 Å². The number of alkyl halides is 3. The highest BCUT2D eigenvalue weighted by molar-refractivity contribution is 8.55. The van der Waals surface area contributed by atoms with E-state index in [1.807, 2.05) is 0 Å². The second kappa shape index (κ2) is 6.80. The lowest BCUT2D eigenvalue weighted by molar-refractivity contribution is -0.220. The van der Waals surface area contributed by atoms with E-state index in [9.17, 15) is 17.7 Å². The highest BCUT2D eigenvalue weighted by Crippen LogP contribution is 2.64. The molecular formula is C9H15F3NO3PS. The van der Waals surface area contributed by atoms with Gasteiger partial charge in [0.25, 0.3) is 5.60 Å². The van der Waals surface area contributed by atoms with Crippen LogP contribution in [0, 0.1) is 11.3 Å². The van der Waals surface area contributed by atoms with E-state index in [2.05, 4.69) is 4.52 Å². The van der Waals surface area contributed by atoms with Gasteiger partial charge in [0, 0.05) is 5.75 Å². The summed E-state index contributed by atoms with van der Waals surface area (Å²) in [5, 5.41) is 8.60. The molecule has 0 aliphatic carbocycles. The van der Waals surface area contributed by atoms with Crippen molar-refractivity contribution in [2.45, 2.75) is 39.0 Å². The van der Waals surface area contributed by atoms with Gasteiger partial charge < -0.3 is 4.52 Å². The fraction of sp³-hybridized carbons (Fsp3) is 0.889. The maximum atomic E-state index is 12.7. The molecule has 0 N–H and O–H groups in total. The summed E-state index contributed by atoms with van der Waals surface area (Å²) in [4.78, 5) is 0. The van der Waals surface area contributed by atoms with E-state index >= 15 is 0 Å². The minimum Gasteiger partial charge on any atom is -0.301 e. The summed E-state index contributed by atoms with van der Waals surface area (Å²) in [6.07, 6.45) is -4.35. The molecule has 0 aromatic rings. The number of hydrogen-bond acceptors (Lipinski definition) is 5. The average Bonchev–Trinajstić information content (AvgIpc) is 2.25. The Hall–Kier alpha value is -0.220. The second-order valence-electron chi connectivity index (χ2n) is 3.43. The zero-order valence-electron chi connectivity index (χ0n) is 10.3. The maximum absolute atomic E-state index is 12.7. The summed E-state index contributed by atoms with van der Waals surface area (Å²) in [5.74, 6) is 0.316. The zero-order valence-corrected chi connectivity index (χ0v) is 12.0. The van der Waals surface area contributed by atoms with Crippen LogP contribution in [0.15, 0.2) is 0 Å². The van der Waals surface area contributed by atoms with Gasteiger partial charge in [-0.1, -0.05) is 6.92 Å². The molecule has 0 bridgehead atoms. The molecule has 0 aromatic carbocycles. The summed E-state index contributed by atoms with van der Waals surface area (Å²) in [6, 6.07) is 0.996. The number of rotatable bonds is 7. The van der Waals surface area contributed by atoms with Crippen molar-refractivity contribution in [2.24, 2.45) is 0 Å². The fourth-order valence-electron chi connectivity index (χ4n) is 0.810. The molecule has 0 aromatic heterocycles. The SMILES string of the molecule is CCCSP(=O)(OCC)OC(C)(C#N)C(F)(F)F. The van der Waals surface area contributed by atoms with Crippen molar-refractivity contribution in [3.63, 3.8) is 0 Å². The molecule has 0 radical (unpaired) electrons. The van der Waals surface area contributed by atoms with Crippen LogP contribution < -0.4 is 0 Å². The smallest absolute Gasteiger partial charge is 0.301 e. The minimum atomic E-state index is -4.94. The molecule has 0 aliphatic heterocycles. The summed E-state index contributed by atoms with van der Waals surface area (Å²) in [5.41, 5.74) is -3.14. The van der Waals surface area contributed by atoms with Crippen LogP contribution in [0.5, 0.6) is 0 Å². The van der Waals surface area contributed by atoms with E-state index in [0.29, 0.717) is 30.5 Å². The van der Waals surface area contributed by atoms with Gasteiger partial charge in [-0.3, -0.25) is 4.52 Å². The molecule has 0 fully saturated rings. The van der Waals surface area contributed by atoms with Crippen molar-refractivity contribution < 1.29 is 26.8 Å². The Kier molecular flexibility index (Phi) is 6.72. The van der Waals surface area contributed by atoms with Crippen molar-refractivity contribution in [3.05, 3.63) is 0 Å². The van der Waals surface area contributed by atoms with Crippen LogP contribution in [-0.2, 0) is 13.6 Å². The van der Waals surface area contributed by atoms with Crippen LogP contribution in [0.4, 0.5) is 13.2 Å². The molecular weight excluding hydrogens is 290 g/mol. The molecule has 9 heteroatoms. The van der Waals surface area contributed by atoms with Gasteiger partial charge in [-0.05, 0) is 31.7 Å². The Morgan fingerprint density at radius 3 is 2.28 bits per heavy atom. The third kappa shape index (κ3) is 4.81. The second-order valence-corrected chi connectivity index (χ2v) is 7.55. The Morgan fingerprint density at radius 2 is 1.94 bits per heavy atom. The van der Waals surface area contributed by atoms with Gasteiger partial charge in [0.1, 0.15) is 6.07 Å². The van der Waals surface area contributed by atoms with Gasteiger partial charge in [0.2, 0.25) is 0 Å². The molecule has 4 nitrogen and oxygen atoms in total. The Balaban J connectivity index is 5.08. The molecule has 0 saturated carbocycles. The van der Waals surface area contributed by atoms with Crippen LogP contribution in [0.25, 0.3) is 0 Å². The van der Waals surface area contributed by atoms with Crippen molar-refractivity contribution in [3.8, 4) is 6.07 Å². The standard InChI is InChI=1S/C9H15F3NO3PS/c1-4-6-18-17(14,15-5-2)16-8(3,7-13)9(10,11)12/h4-6H2,1-3H3. The van der Waals surface area contributed by atoms with Gasteiger partial charge in [0.15, 0.2) is 0 Å². The molecule has 0 heterocycles. The van der Waals surface area contributed by atoms with Gasteiger partial charge in [-0.25, -0.2) is 4.57 Å². The molecule has 0 rings (SSSR count). The number of halogens is 3. The summed E-state index contributed by atoms with van der Waals surface area (Å²) in [6.45, 7) is -0.265. The first-order valence-electron chi connectivity index (χ1n) is 5.22. The van der Waals surface area contributed by atoms with Crippen LogP contribution in [0.1, 0.15) is 27.2 Å². The predicted octanol–water partition coefficient (Wildman–Crippen LogP) is 4.14. The largest absolute Gasteiger partial charge is 0.431 e. The monoisotopic (exact) mass is 305 g/mol. The zero-order chi connectivity index (χ0) is 14.4. The number of nitriles is 1. The molecule has 2 unspecified atom stereocenters. The molecule has 2 atom stereocenters. The molecule has 106 valence electrons. The normalized spacial score (nSPS) is 18.7. The first kappa shape index (κ1) is 17.8. The fourth-order valence-corrected chi connectivity index (χ4v) is 4.67. The van der Waals surface area contributed by atoms with Crippen LogP contribution in [0.2, 0.25) is 0 Å². The molecule has 18 heavy (non-hydrogen) atoms. The third-order valence-electron chi connectivity index (χ3n) is 1.79.